The molecule has 0 unspecified atom stereocenters. The van der Waals surface area contributed by atoms with Crippen LogP contribution < -0.4 is 10.6 Å². The number of hydrogen-bond acceptors (Lipinski definition) is 3. The van der Waals surface area contributed by atoms with Crippen LogP contribution in [0.1, 0.15) is 39.2 Å². The van der Waals surface area contributed by atoms with Crippen molar-refractivity contribution in [2.75, 3.05) is 6.54 Å². The first kappa shape index (κ1) is 17.9. The Bertz CT molecular complexity index is 638. The summed E-state index contributed by atoms with van der Waals surface area (Å²) in [5, 5.41) is 5.59. The number of carbonyl (C=O) groups excluding carboxylic acids is 2. The van der Waals surface area contributed by atoms with Crippen LogP contribution in [0.25, 0.3) is 0 Å². The van der Waals surface area contributed by atoms with Crippen LogP contribution in [0, 0.1) is 17.8 Å². The Morgan fingerprint density at radius 2 is 2.08 bits per heavy atom. The molecule has 5 nitrogen and oxygen atoms in total. The van der Waals surface area contributed by atoms with Crippen LogP contribution >= 0.6 is 0 Å². The number of rotatable bonds is 3. The van der Waals surface area contributed by atoms with Crippen molar-refractivity contribution in [3.63, 3.8) is 0 Å². The molecule has 5 heteroatoms. The molecule has 2 amide bonds. The van der Waals surface area contributed by atoms with E-state index in [0.717, 1.165) is 12.0 Å². The molecule has 1 aromatic rings. The van der Waals surface area contributed by atoms with E-state index in [1.807, 2.05) is 51.1 Å². The lowest BCUT2D eigenvalue weighted by molar-refractivity contribution is -0.122. The van der Waals surface area contributed by atoms with Gasteiger partial charge in [-0.2, -0.15) is 0 Å². The first-order chi connectivity index (χ1) is 11.3. The highest BCUT2D eigenvalue weighted by molar-refractivity contribution is 5.80. The normalized spacial score (nSPS) is 18.1. The van der Waals surface area contributed by atoms with Gasteiger partial charge in [-0.1, -0.05) is 30.0 Å². The second kappa shape index (κ2) is 7.87. The molecule has 0 saturated carbocycles. The summed E-state index contributed by atoms with van der Waals surface area (Å²) in [4.78, 5) is 23.8. The summed E-state index contributed by atoms with van der Waals surface area (Å²) in [7, 11) is 0. The number of amides is 2. The maximum absolute atomic E-state index is 12.0. The summed E-state index contributed by atoms with van der Waals surface area (Å²) in [5.74, 6) is 6.00. The second-order valence-electron chi connectivity index (χ2n) is 6.85. The quantitative estimate of drug-likeness (QED) is 0.838. The Kier molecular flexibility index (Phi) is 5.86. The minimum atomic E-state index is -0.577. The van der Waals surface area contributed by atoms with E-state index in [9.17, 15) is 9.59 Å². The van der Waals surface area contributed by atoms with Crippen molar-refractivity contribution in [2.45, 2.75) is 45.3 Å². The van der Waals surface area contributed by atoms with Gasteiger partial charge in [0.15, 0.2) is 0 Å². The lowest BCUT2D eigenvalue weighted by atomic mass is 9.98. The van der Waals surface area contributed by atoms with Gasteiger partial charge in [-0.15, -0.1) is 0 Å². The molecule has 0 spiro atoms. The first-order valence-electron chi connectivity index (χ1n) is 8.17. The largest absolute Gasteiger partial charge is 0.444 e. The zero-order valence-corrected chi connectivity index (χ0v) is 14.4. The molecule has 1 aromatic carbocycles. The van der Waals surface area contributed by atoms with Crippen molar-refractivity contribution < 1.29 is 14.3 Å². The third kappa shape index (κ3) is 5.96. The van der Waals surface area contributed by atoms with E-state index in [2.05, 4.69) is 22.5 Å². The van der Waals surface area contributed by atoms with Gasteiger partial charge in [-0.3, -0.25) is 4.79 Å². The molecule has 0 bridgehead atoms. The molecular weight excluding hydrogens is 304 g/mol. The second-order valence-corrected chi connectivity index (χ2v) is 6.85. The van der Waals surface area contributed by atoms with Crippen molar-refractivity contribution in [3.05, 3.63) is 35.9 Å². The Hall–Kier alpha value is -2.48. The van der Waals surface area contributed by atoms with Crippen LogP contribution in [0.5, 0.6) is 0 Å². The summed E-state index contributed by atoms with van der Waals surface area (Å²) in [6, 6.07) is 9.11. The molecule has 1 fully saturated rings. The topological polar surface area (TPSA) is 67.4 Å². The van der Waals surface area contributed by atoms with Gasteiger partial charge in [0.05, 0.1) is 6.04 Å². The van der Waals surface area contributed by atoms with Gasteiger partial charge in [-0.05, 0) is 45.7 Å². The Labute approximate surface area is 143 Å². The van der Waals surface area contributed by atoms with Gasteiger partial charge in [0, 0.05) is 18.0 Å². The standard InChI is InChI=1S/C19H24N2O3/c1-19(2,3)24-18(23)21-16(13-15-11-12-20-17(15)22)10-9-14-7-5-4-6-8-14/h4-8,15-16H,11-13H2,1-3H3,(H,20,22)(H,21,23)/t15-,16+/m0/s1. The fraction of sp³-hybridized carbons (Fsp3) is 0.474. The third-order valence-electron chi connectivity index (χ3n) is 3.54. The summed E-state index contributed by atoms with van der Waals surface area (Å²) in [6.07, 6.45) is 0.719. The van der Waals surface area contributed by atoms with E-state index in [1.54, 1.807) is 0 Å². The van der Waals surface area contributed by atoms with Crippen LogP contribution in [-0.4, -0.2) is 30.2 Å². The highest BCUT2D eigenvalue weighted by Gasteiger charge is 2.28. The average molecular weight is 328 g/mol. The molecule has 0 radical (unpaired) electrons. The molecule has 128 valence electrons. The monoisotopic (exact) mass is 328 g/mol. The number of nitrogens with one attached hydrogen (secondary N) is 2. The molecule has 1 heterocycles. The van der Waals surface area contributed by atoms with Crippen LogP contribution in [0.2, 0.25) is 0 Å². The Morgan fingerprint density at radius 1 is 1.38 bits per heavy atom. The number of alkyl carbamates (subject to hydrolysis) is 1. The maximum Gasteiger partial charge on any atom is 0.408 e. The van der Waals surface area contributed by atoms with E-state index in [4.69, 9.17) is 4.74 Å². The zero-order valence-electron chi connectivity index (χ0n) is 14.4. The van der Waals surface area contributed by atoms with Crippen molar-refractivity contribution in [3.8, 4) is 11.8 Å². The summed E-state index contributed by atoms with van der Waals surface area (Å²) in [6.45, 7) is 6.10. The third-order valence-corrected chi connectivity index (χ3v) is 3.54. The van der Waals surface area contributed by atoms with E-state index in [-0.39, 0.29) is 11.8 Å². The molecule has 0 aromatic heterocycles. The summed E-state index contributed by atoms with van der Waals surface area (Å²) >= 11 is 0. The Balaban J connectivity index is 2.07. The zero-order chi connectivity index (χ0) is 17.6. The van der Waals surface area contributed by atoms with Crippen LogP contribution in [0.4, 0.5) is 4.79 Å². The number of hydrogen-bond donors (Lipinski definition) is 2. The van der Waals surface area contributed by atoms with Crippen molar-refractivity contribution in [1.29, 1.82) is 0 Å². The highest BCUT2D eigenvalue weighted by atomic mass is 16.6. The SMILES string of the molecule is CC(C)(C)OC(=O)N[C@H](C#Cc1ccccc1)C[C@@H]1CCNC1=O. The van der Waals surface area contributed by atoms with E-state index < -0.39 is 17.7 Å². The molecule has 24 heavy (non-hydrogen) atoms. The lowest BCUT2D eigenvalue weighted by Crippen LogP contribution is -2.40. The fourth-order valence-electron chi connectivity index (χ4n) is 2.45. The van der Waals surface area contributed by atoms with Gasteiger partial charge < -0.3 is 15.4 Å². The van der Waals surface area contributed by atoms with Gasteiger partial charge in [0.25, 0.3) is 0 Å². The lowest BCUT2D eigenvalue weighted by Gasteiger charge is -2.22. The molecule has 1 saturated heterocycles. The van der Waals surface area contributed by atoms with E-state index >= 15 is 0 Å². The van der Waals surface area contributed by atoms with E-state index in [0.29, 0.717) is 13.0 Å². The van der Waals surface area contributed by atoms with Crippen LogP contribution in [0.3, 0.4) is 0 Å². The van der Waals surface area contributed by atoms with Crippen molar-refractivity contribution in [2.24, 2.45) is 5.92 Å². The van der Waals surface area contributed by atoms with Gasteiger partial charge in [0.1, 0.15) is 5.60 Å². The van der Waals surface area contributed by atoms with E-state index in [1.165, 1.54) is 0 Å². The maximum atomic E-state index is 12.0. The summed E-state index contributed by atoms with van der Waals surface area (Å²) < 4.78 is 5.29. The molecule has 2 atom stereocenters. The number of ether oxygens (including phenoxy) is 1. The molecule has 0 aliphatic carbocycles. The minimum absolute atomic E-state index is 0.0208. The summed E-state index contributed by atoms with van der Waals surface area (Å²) in [5.41, 5.74) is 0.288. The molecule has 1 aliphatic rings. The fourth-order valence-corrected chi connectivity index (χ4v) is 2.45. The minimum Gasteiger partial charge on any atom is -0.444 e. The highest BCUT2D eigenvalue weighted by Crippen LogP contribution is 2.16. The predicted molar refractivity (Wildman–Crippen MR) is 92.2 cm³/mol. The Morgan fingerprint density at radius 3 is 2.67 bits per heavy atom. The smallest absolute Gasteiger partial charge is 0.408 e. The predicted octanol–water partition coefficient (Wildman–Crippen LogP) is 2.46. The number of benzene rings is 1. The molecule has 1 aliphatic heterocycles. The van der Waals surface area contributed by atoms with Gasteiger partial charge in [-0.25, -0.2) is 4.79 Å². The van der Waals surface area contributed by atoms with Crippen LogP contribution in [-0.2, 0) is 9.53 Å². The van der Waals surface area contributed by atoms with Gasteiger partial charge in [0.2, 0.25) is 5.91 Å². The molecular formula is C19H24N2O3. The van der Waals surface area contributed by atoms with Crippen LogP contribution in [0.15, 0.2) is 30.3 Å². The van der Waals surface area contributed by atoms with Gasteiger partial charge >= 0.3 is 6.09 Å². The van der Waals surface area contributed by atoms with Crippen molar-refractivity contribution in [1.82, 2.24) is 10.6 Å². The van der Waals surface area contributed by atoms with Crippen molar-refractivity contribution >= 4 is 12.0 Å². The average Bonchev–Trinajstić information content (AvgIpc) is 2.89. The number of carbonyl (C=O) groups is 2. The molecule has 2 rings (SSSR count). The first-order valence-corrected chi connectivity index (χ1v) is 8.17. The molecule has 2 N–H and O–H groups in total.